The van der Waals surface area contributed by atoms with E-state index < -0.39 is 0 Å². The first kappa shape index (κ1) is 19.6. The normalized spacial score (nSPS) is 11.3. The molecule has 2 aromatic rings. The molecule has 0 saturated carbocycles. The lowest BCUT2D eigenvalue weighted by atomic mass is 10.2. The van der Waals surface area contributed by atoms with Gasteiger partial charge in [-0.3, -0.25) is 0 Å². The van der Waals surface area contributed by atoms with Gasteiger partial charge in [0.05, 0.1) is 16.9 Å². The van der Waals surface area contributed by atoms with E-state index in [4.69, 9.17) is 21.3 Å². The number of aromatic hydroxyl groups is 2. The van der Waals surface area contributed by atoms with Gasteiger partial charge in [0.15, 0.2) is 13.2 Å². The van der Waals surface area contributed by atoms with Gasteiger partial charge in [-0.05, 0) is 46.3 Å². The molecule has 0 fully saturated rings. The van der Waals surface area contributed by atoms with Gasteiger partial charge in [-0.2, -0.15) is 0 Å². The number of halogens is 3. The third kappa shape index (κ3) is 6.22. The zero-order valence-corrected chi connectivity index (χ0v) is 16.6. The van der Waals surface area contributed by atoms with Crippen LogP contribution >= 0.6 is 43.5 Å². The van der Waals surface area contributed by atoms with Crippen molar-refractivity contribution >= 4 is 55.9 Å². The van der Waals surface area contributed by atoms with Gasteiger partial charge in [-0.15, -0.1) is 0 Å². The summed E-state index contributed by atoms with van der Waals surface area (Å²) in [5, 5.41) is 27.4. The number of rotatable bonds is 7. The van der Waals surface area contributed by atoms with Crippen LogP contribution in [-0.2, 0) is 9.68 Å². The zero-order chi connectivity index (χ0) is 18.2. The predicted molar refractivity (Wildman–Crippen MR) is 104 cm³/mol. The number of phenols is 2. The van der Waals surface area contributed by atoms with Gasteiger partial charge in [-0.1, -0.05) is 37.8 Å². The first-order valence-electron chi connectivity index (χ1n) is 6.94. The number of phenolic OH excluding ortho intramolecular Hbond substituents is 2. The minimum Gasteiger partial charge on any atom is -0.507 e. The summed E-state index contributed by atoms with van der Waals surface area (Å²) in [5.74, 6) is 0.121. The summed E-state index contributed by atoms with van der Waals surface area (Å²) in [6.45, 7) is 0.314. The van der Waals surface area contributed by atoms with Gasteiger partial charge >= 0.3 is 0 Å². The Balaban J connectivity index is 1.75. The second-order valence-corrected chi connectivity index (χ2v) is 6.87. The van der Waals surface area contributed by atoms with Crippen molar-refractivity contribution < 1.29 is 19.9 Å². The average Bonchev–Trinajstić information content (AvgIpc) is 2.57. The maximum Gasteiger partial charge on any atom is 0.153 e. The third-order valence-corrected chi connectivity index (χ3v) is 4.14. The van der Waals surface area contributed by atoms with Crippen molar-refractivity contribution in [2.24, 2.45) is 10.3 Å². The summed E-state index contributed by atoms with van der Waals surface area (Å²) in [6, 6.07) is 8.02. The molecule has 2 N–H and O–H groups in total. The Labute approximate surface area is 166 Å². The van der Waals surface area contributed by atoms with E-state index in [1.807, 2.05) is 0 Å². The lowest BCUT2D eigenvalue weighted by Crippen LogP contribution is -1.98. The molecule has 0 unspecified atom stereocenters. The maximum atomic E-state index is 9.86. The van der Waals surface area contributed by atoms with E-state index in [1.54, 1.807) is 24.3 Å². The van der Waals surface area contributed by atoms with Crippen LogP contribution in [0, 0.1) is 0 Å². The fourth-order valence-electron chi connectivity index (χ4n) is 1.68. The molecule has 0 heterocycles. The van der Waals surface area contributed by atoms with Crippen molar-refractivity contribution in [2.45, 2.75) is 0 Å². The highest BCUT2D eigenvalue weighted by Crippen LogP contribution is 2.30. The Kier molecular flexibility index (Phi) is 7.54. The molecule has 2 rings (SSSR count). The van der Waals surface area contributed by atoms with E-state index in [0.717, 1.165) is 4.47 Å². The minimum atomic E-state index is 0.0533. The summed E-state index contributed by atoms with van der Waals surface area (Å²) in [4.78, 5) is 10.0. The molecule has 0 atom stereocenters. The van der Waals surface area contributed by atoms with Crippen LogP contribution in [0.25, 0.3) is 0 Å². The topological polar surface area (TPSA) is 83.6 Å². The van der Waals surface area contributed by atoms with Gasteiger partial charge in [0.25, 0.3) is 0 Å². The lowest BCUT2D eigenvalue weighted by molar-refractivity contribution is 0.0553. The first-order valence-corrected chi connectivity index (χ1v) is 8.91. The van der Waals surface area contributed by atoms with Gasteiger partial charge in [0.2, 0.25) is 0 Å². The van der Waals surface area contributed by atoms with Gasteiger partial charge < -0.3 is 19.9 Å². The van der Waals surface area contributed by atoms with Gasteiger partial charge in [0.1, 0.15) is 11.5 Å². The molecular weight excluding hydrogens is 479 g/mol. The van der Waals surface area contributed by atoms with Crippen molar-refractivity contribution in [2.75, 3.05) is 13.2 Å². The first-order chi connectivity index (χ1) is 12.0. The van der Waals surface area contributed by atoms with Crippen molar-refractivity contribution in [3.8, 4) is 11.5 Å². The molecule has 0 spiro atoms. The van der Waals surface area contributed by atoms with E-state index in [2.05, 4.69) is 42.2 Å². The van der Waals surface area contributed by atoms with Crippen LogP contribution in [0.2, 0.25) is 5.02 Å². The fraction of sp³-hybridized carbons (Fsp3) is 0.125. The molecule has 0 amide bonds. The Bertz CT molecular complexity index is 800. The maximum absolute atomic E-state index is 9.86. The second-order valence-electron chi connectivity index (χ2n) is 4.66. The van der Waals surface area contributed by atoms with Gasteiger partial charge in [0, 0.05) is 20.6 Å². The predicted octanol–water partition coefficient (Wildman–Crippen LogP) is 4.68. The molecule has 0 radical (unpaired) electrons. The Morgan fingerprint density at radius 3 is 2.28 bits per heavy atom. The van der Waals surface area contributed by atoms with Crippen molar-refractivity contribution in [1.82, 2.24) is 0 Å². The molecule has 0 aliphatic carbocycles. The van der Waals surface area contributed by atoms with E-state index in [9.17, 15) is 10.2 Å². The number of benzene rings is 2. The minimum absolute atomic E-state index is 0.0533. The summed E-state index contributed by atoms with van der Waals surface area (Å²) < 4.78 is 1.34. The van der Waals surface area contributed by atoms with Crippen LogP contribution in [0.4, 0.5) is 0 Å². The monoisotopic (exact) mass is 490 g/mol. The number of hydrogen-bond acceptors (Lipinski definition) is 6. The van der Waals surface area contributed by atoms with Crippen LogP contribution in [0.5, 0.6) is 11.5 Å². The molecule has 6 nitrogen and oxygen atoms in total. The standard InChI is InChI=1S/C16H13Br2ClN2O4/c17-12-5-11(16(23)14(18)7-12)9-21-25-4-3-24-20-8-10-6-13(19)1-2-15(10)22/h1-2,5-9,22-23H,3-4H2/b20-8+,21-9+. The number of nitrogens with zero attached hydrogens (tertiary/aromatic N) is 2. The van der Waals surface area contributed by atoms with Crippen molar-refractivity contribution in [3.05, 3.63) is 55.4 Å². The second kappa shape index (κ2) is 9.65. The molecule has 0 aromatic heterocycles. The van der Waals surface area contributed by atoms with Crippen LogP contribution in [-0.4, -0.2) is 35.9 Å². The van der Waals surface area contributed by atoms with Crippen LogP contribution in [0.1, 0.15) is 11.1 Å². The van der Waals surface area contributed by atoms with Gasteiger partial charge in [-0.25, -0.2) is 0 Å². The molecule has 2 aromatic carbocycles. The zero-order valence-electron chi connectivity index (χ0n) is 12.7. The average molecular weight is 493 g/mol. The lowest BCUT2D eigenvalue weighted by Gasteiger charge is -2.03. The largest absolute Gasteiger partial charge is 0.507 e. The number of hydrogen-bond donors (Lipinski definition) is 2. The van der Waals surface area contributed by atoms with Crippen LogP contribution < -0.4 is 0 Å². The summed E-state index contributed by atoms with van der Waals surface area (Å²) in [5.41, 5.74) is 0.943. The smallest absolute Gasteiger partial charge is 0.153 e. The molecular formula is C16H13Br2ClN2O4. The van der Waals surface area contributed by atoms with E-state index >= 15 is 0 Å². The highest BCUT2D eigenvalue weighted by Gasteiger charge is 2.05. The highest BCUT2D eigenvalue weighted by atomic mass is 79.9. The van der Waals surface area contributed by atoms with E-state index in [-0.39, 0.29) is 24.7 Å². The summed E-state index contributed by atoms with van der Waals surface area (Å²) in [7, 11) is 0. The highest BCUT2D eigenvalue weighted by molar-refractivity contribution is 9.11. The summed E-state index contributed by atoms with van der Waals surface area (Å²) >= 11 is 12.4. The van der Waals surface area contributed by atoms with E-state index in [1.165, 1.54) is 18.5 Å². The Hall–Kier alpha value is -1.77. The molecule has 0 aliphatic heterocycles. The van der Waals surface area contributed by atoms with Crippen molar-refractivity contribution in [1.29, 1.82) is 0 Å². The molecule has 132 valence electrons. The molecule has 9 heteroatoms. The molecule has 0 saturated heterocycles. The molecule has 25 heavy (non-hydrogen) atoms. The van der Waals surface area contributed by atoms with E-state index in [0.29, 0.717) is 20.6 Å². The third-order valence-electron chi connectivity index (χ3n) is 2.85. The van der Waals surface area contributed by atoms with Crippen molar-refractivity contribution in [3.63, 3.8) is 0 Å². The summed E-state index contributed by atoms with van der Waals surface area (Å²) in [6.07, 6.45) is 2.74. The molecule has 0 aliphatic rings. The fourth-order valence-corrected chi connectivity index (χ4v) is 3.12. The Morgan fingerprint density at radius 1 is 0.960 bits per heavy atom. The molecule has 0 bridgehead atoms. The number of oxime groups is 2. The Morgan fingerprint density at radius 2 is 1.60 bits per heavy atom. The van der Waals surface area contributed by atoms with Crippen LogP contribution in [0.15, 0.2) is 49.6 Å². The SMILES string of the molecule is Oc1ccc(Cl)cc1/C=N/OCCO/N=C/c1cc(Br)cc(Br)c1O. The quantitative estimate of drug-likeness (QED) is 0.334. The van der Waals surface area contributed by atoms with Crippen LogP contribution in [0.3, 0.4) is 0 Å².